The highest BCUT2D eigenvalue weighted by Gasteiger charge is 2.25. The molecule has 1 rings (SSSR count). The highest BCUT2D eigenvalue weighted by Crippen LogP contribution is 2.22. The van der Waals surface area contributed by atoms with E-state index in [4.69, 9.17) is 4.74 Å². The van der Waals surface area contributed by atoms with Crippen LogP contribution in [0.4, 0.5) is 0 Å². The van der Waals surface area contributed by atoms with E-state index in [-0.39, 0.29) is 0 Å². The molecule has 2 atom stereocenters. The van der Waals surface area contributed by atoms with Crippen LogP contribution in [0.15, 0.2) is 0 Å². The fourth-order valence-electron chi connectivity index (χ4n) is 1.79. The number of hydrogen-bond donors (Lipinski definition) is 1. The average molecular weight is 181 g/mol. The first-order chi connectivity index (χ1) is 6.38. The van der Waals surface area contributed by atoms with Crippen molar-refractivity contribution >= 4 is 0 Å². The van der Waals surface area contributed by atoms with E-state index in [9.17, 15) is 0 Å². The van der Waals surface area contributed by atoms with Crippen LogP contribution < -0.4 is 5.32 Å². The Morgan fingerprint density at radius 3 is 3.08 bits per heavy atom. The minimum atomic E-state index is 0.474. The maximum atomic E-state index is 5.60. The maximum absolute atomic E-state index is 5.60. The zero-order valence-corrected chi connectivity index (χ0v) is 8.60. The van der Waals surface area contributed by atoms with Crippen molar-refractivity contribution in [2.75, 3.05) is 19.7 Å². The largest absolute Gasteiger partial charge is 0.378 e. The molecule has 2 nitrogen and oxygen atoms in total. The van der Waals surface area contributed by atoms with Gasteiger partial charge in [-0.25, -0.2) is 0 Å². The second-order valence-electron chi connectivity index (χ2n) is 3.42. The molecule has 0 spiro atoms. The van der Waals surface area contributed by atoms with Crippen molar-refractivity contribution in [2.45, 2.75) is 32.8 Å². The lowest BCUT2D eigenvalue weighted by Gasteiger charge is -2.16. The van der Waals surface area contributed by atoms with Gasteiger partial charge in [-0.1, -0.05) is 12.8 Å². The van der Waals surface area contributed by atoms with Gasteiger partial charge in [0.25, 0.3) is 0 Å². The molecule has 1 aliphatic heterocycles. The smallest absolute Gasteiger partial charge is 0.0613 e. The highest BCUT2D eigenvalue weighted by atomic mass is 16.5. The summed E-state index contributed by atoms with van der Waals surface area (Å²) in [4.78, 5) is 0. The molecular formula is C11H19NO. The third-order valence-corrected chi connectivity index (χ3v) is 2.55. The van der Waals surface area contributed by atoms with Gasteiger partial charge in [0, 0.05) is 13.2 Å². The number of ether oxygens (including phenoxy) is 1. The Labute approximate surface area is 81.0 Å². The summed E-state index contributed by atoms with van der Waals surface area (Å²) in [6.45, 7) is 6.85. The summed E-state index contributed by atoms with van der Waals surface area (Å²) in [7, 11) is 0. The number of rotatable bonds is 4. The van der Waals surface area contributed by atoms with Crippen LogP contribution in [0.3, 0.4) is 0 Å². The van der Waals surface area contributed by atoms with Crippen molar-refractivity contribution in [1.82, 2.24) is 5.32 Å². The summed E-state index contributed by atoms with van der Waals surface area (Å²) >= 11 is 0. The average Bonchev–Trinajstić information content (AvgIpc) is 2.60. The molecular weight excluding hydrogens is 162 g/mol. The number of nitrogens with one attached hydrogen (secondary N) is 1. The van der Waals surface area contributed by atoms with Crippen LogP contribution in [0.5, 0.6) is 0 Å². The Bertz CT molecular complexity index is 192. The van der Waals surface area contributed by atoms with E-state index in [1.165, 1.54) is 6.42 Å². The molecule has 0 saturated carbocycles. The summed E-state index contributed by atoms with van der Waals surface area (Å²) in [6, 6.07) is 0. The van der Waals surface area contributed by atoms with Crippen LogP contribution in [-0.2, 0) is 4.74 Å². The lowest BCUT2D eigenvalue weighted by atomic mass is 10.00. The fraction of sp³-hybridized carbons (Fsp3) is 0.818. The van der Waals surface area contributed by atoms with Gasteiger partial charge in [0.15, 0.2) is 0 Å². The Kier molecular flexibility index (Phi) is 4.88. The van der Waals surface area contributed by atoms with Crippen LogP contribution >= 0.6 is 0 Å². The normalized spacial score (nSPS) is 26.9. The van der Waals surface area contributed by atoms with E-state index in [2.05, 4.69) is 24.1 Å². The van der Waals surface area contributed by atoms with Gasteiger partial charge in [0.05, 0.1) is 12.6 Å². The molecule has 13 heavy (non-hydrogen) atoms. The van der Waals surface area contributed by atoms with Crippen LogP contribution in [0.2, 0.25) is 0 Å². The molecule has 1 aliphatic rings. The first kappa shape index (κ1) is 10.6. The quantitative estimate of drug-likeness (QED) is 0.523. The van der Waals surface area contributed by atoms with Crippen molar-refractivity contribution < 1.29 is 4.74 Å². The van der Waals surface area contributed by atoms with Gasteiger partial charge in [-0.2, -0.15) is 0 Å². The zero-order valence-electron chi connectivity index (χ0n) is 8.60. The molecule has 0 radical (unpaired) electrons. The minimum Gasteiger partial charge on any atom is -0.378 e. The molecule has 1 fully saturated rings. The van der Waals surface area contributed by atoms with E-state index < -0.39 is 0 Å². The molecule has 0 aromatic carbocycles. The molecule has 1 N–H and O–H groups in total. The molecule has 0 aliphatic carbocycles. The monoisotopic (exact) mass is 181 g/mol. The molecule has 0 bridgehead atoms. The second-order valence-corrected chi connectivity index (χ2v) is 3.42. The third kappa shape index (κ3) is 3.38. The summed E-state index contributed by atoms with van der Waals surface area (Å²) < 4.78 is 5.60. The third-order valence-electron chi connectivity index (χ3n) is 2.55. The van der Waals surface area contributed by atoms with E-state index >= 15 is 0 Å². The lowest BCUT2D eigenvalue weighted by molar-refractivity contribution is 0.0875. The summed E-state index contributed by atoms with van der Waals surface area (Å²) in [5.41, 5.74) is 0. The molecule has 2 heteroatoms. The van der Waals surface area contributed by atoms with Crippen molar-refractivity contribution in [3.63, 3.8) is 0 Å². The van der Waals surface area contributed by atoms with Crippen LogP contribution in [0.25, 0.3) is 0 Å². The van der Waals surface area contributed by atoms with Crippen molar-refractivity contribution in [3.05, 3.63) is 0 Å². The van der Waals surface area contributed by atoms with Crippen molar-refractivity contribution in [1.29, 1.82) is 0 Å². The van der Waals surface area contributed by atoms with E-state index in [0.717, 1.165) is 26.1 Å². The van der Waals surface area contributed by atoms with Crippen LogP contribution in [0.1, 0.15) is 26.7 Å². The van der Waals surface area contributed by atoms with Gasteiger partial charge in [0.1, 0.15) is 0 Å². The SMILES string of the molecule is CC#CCNCC1CCOC1CC. The van der Waals surface area contributed by atoms with Crippen LogP contribution in [0, 0.1) is 17.8 Å². The minimum absolute atomic E-state index is 0.474. The van der Waals surface area contributed by atoms with Gasteiger partial charge >= 0.3 is 0 Å². The lowest BCUT2D eigenvalue weighted by Crippen LogP contribution is -2.28. The molecule has 0 amide bonds. The zero-order chi connectivity index (χ0) is 9.52. The molecule has 74 valence electrons. The molecule has 1 saturated heterocycles. The van der Waals surface area contributed by atoms with E-state index in [0.29, 0.717) is 12.0 Å². The van der Waals surface area contributed by atoms with Gasteiger partial charge in [-0.05, 0) is 25.7 Å². The molecule has 0 aromatic rings. The molecule has 0 aromatic heterocycles. The Balaban J connectivity index is 2.15. The van der Waals surface area contributed by atoms with Crippen molar-refractivity contribution in [2.24, 2.45) is 5.92 Å². The second kappa shape index (κ2) is 6.01. The molecule has 1 heterocycles. The maximum Gasteiger partial charge on any atom is 0.0613 e. The Morgan fingerprint density at radius 2 is 2.38 bits per heavy atom. The van der Waals surface area contributed by atoms with E-state index in [1.54, 1.807) is 0 Å². The number of hydrogen-bond acceptors (Lipinski definition) is 2. The fourth-order valence-corrected chi connectivity index (χ4v) is 1.79. The van der Waals surface area contributed by atoms with Gasteiger partial charge in [0.2, 0.25) is 0 Å². The standard InChI is InChI=1S/C11H19NO/c1-3-5-7-12-9-10-6-8-13-11(10)4-2/h10-12H,4,6-9H2,1-2H3. The summed E-state index contributed by atoms with van der Waals surface area (Å²) in [5.74, 6) is 6.58. The van der Waals surface area contributed by atoms with Gasteiger partial charge in [-0.15, -0.1) is 5.92 Å². The first-order valence-electron chi connectivity index (χ1n) is 5.10. The summed E-state index contributed by atoms with van der Waals surface area (Å²) in [6.07, 6.45) is 2.80. The van der Waals surface area contributed by atoms with Crippen LogP contribution in [-0.4, -0.2) is 25.8 Å². The predicted molar refractivity (Wildman–Crippen MR) is 54.5 cm³/mol. The van der Waals surface area contributed by atoms with Gasteiger partial charge < -0.3 is 10.1 Å². The van der Waals surface area contributed by atoms with Gasteiger partial charge in [-0.3, -0.25) is 0 Å². The Hall–Kier alpha value is -0.520. The Morgan fingerprint density at radius 1 is 1.54 bits per heavy atom. The summed E-state index contributed by atoms with van der Waals surface area (Å²) in [5, 5.41) is 3.34. The first-order valence-corrected chi connectivity index (χ1v) is 5.10. The topological polar surface area (TPSA) is 21.3 Å². The van der Waals surface area contributed by atoms with E-state index in [1.807, 2.05) is 6.92 Å². The highest BCUT2D eigenvalue weighted by molar-refractivity contribution is 4.97. The molecule has 2 unspecified atom stereocenters. The van der Waals surface area contributed by atoms with Crippen molar-refractivity contribution in [3.8, 4) is 11.8 Å². The predicted octanol–water partition coefficient (Wildman–Crippen LogP) is 1.41.